The van der Waals surface area contributed by atoms with Crippen LogP contribution in [0.1, 0.15) is 23.7 Å². The van der Waals surface area contributed by atoms with E-state index in [1.54, 1.807) is 31.3 Å². The van der Waals surface area contributed by atoms with E-state index in [0.717, 1.165) is 0 Å². The number of carbonyl (C=O) groups is 2. The van der Waals surface area contributed by atoms with E-state index in [1.165, 1.54) is 22.8 Å². The predicted molar refractivity (Wildman–Crippen MR) is 81.9 cm³/mol. The average molecular weight is 328 g/mol. The highest BCUT2D eigenvalue weighted by Gasteiger charge is 2.22. The standard InChI is InChI=1S/C15H16N6O3/c1-11(14(22)20(2)9-3-8-16)24-15(23)12-4-6-13(7-5-12)21-10-17-18-19-21/h4-7,10-11H,3,9H2,1-2H3/t11-/m1/s1. The molecule has 1 heterocycles. The van der Waals surface area contributed by atoms with Crippen molar-refractivity contribution in [3.8, 4) is 11.8 Å². The van der Waals surface area contributed by atoms with Crippen LogP contribution in [-0.2, 0) is 9.53 Å². The number of benzene rings is 1. The number of nitriles is 1. The van der Waals surface area contributed by atoms with Gasteiger partial charge in [-0.2, -0.15) is 5.26 Å². The second kappa shape index (κ2) is 7.82. The monoisotopic (exact) mass is 328 g/mol. The van der Waals surface area contributed by atoms with E-state index in [2.05, 4.69) is 15.5 Å². The largest absolute Gasteiger partial charge is 0.449 e. The van der Waals surface area contributed by atoms with Crippen LogP contribution in [0.25, 0.3) is 5.69 Å². The van der Waals surface area contributed by atoms with Crippen LogP contribution in [0.2, 0.25) is 0 Å². The summed E-state index contributed by atoms with van der Waals surface area (Å²) in [5.41, 5.74) is 1.00. The molecule has 2 rings (SSSR count). The van der Waals surface area contributed by atoms with Gasteiger partial charge in [-0.3, -0.25) is 4.79 Å². The summed E-state index contributed by atoms with van der Waals surface area (Å²) in [4.78, 5) is 25.5. The van der Waals surface area contributed by atoms with Crippen molar-refractivity contribution in [2.45, 2.75) is 19.4 Å². The zero-order chi connectivity index (χ0) is 17.5. The van der Waals surface area contributed by atoms with Gasteiger partial charge >= 0.3 is 5.97 Å². The molecule has 0 N–H and O–H groups in total. The van der Waals surface area contributed by atoms with Crippen LogP contribution in [0.3, 0.4) is 0 Å². The number of carbonyl (C=O) groups excluding carboxylic acids is 2. The van der Waals surface area contributed by atoms with Crippen LogP contribution in [0.5, 0.6) is 0 Å². The lowest BCUT2D eigenvalue weighted by atomic mass is 10.2. The molecular formula is C15H16N6O3. The molecule has 0 unspecified atom stereocenters. The van der Waals surface area contributed by atoms with Crippen LogP contribution < -0.4 is 0 Å². The fourth-order valence-corrected chi connectivity index (χ4v) is 1.95. The van der Waals surface area contributed by atoms with Crippen LogP contribution in [0.15, 0.2) is 30.6 Å². The number of tetrazole rings is 1. The Labute approximate surface area is 138 Å². The number of nitrogens with zero attached hydrogens (tertiary/aromatic N) is 6. The maximum absolute atomic E-state index is 12.1. The van der Waals surface area contributed by atoms with Gasteiger partial charge in [0.15, 0.2) is 6.10 Å². The third-order valence-corrected chi connectivity index (χ3v) is 3.28. The molecule has 0 saturated carbocycles. The van der Waals surface area contributed by atoms with Crippen LogP contribution in [0, 0.1) is 11.3 Å². The molecule has 24 heavy (non-hydrogen) atoms. The average Bonchev–Trinajstić information content (AvgIpc) is 3.13. The van der Waals surface area contributed by atoms with E-state index < -0.39 is 12.1 Å². The summed E-state index contributed by atoms with van der Waals surface area (Å²) >= 11 is 0. The molecule has 0 spiro atoms. The van der Waals surface area contributed by atoms with Crippen molar-refractivity contribution in [3.05, 3.63) is 36.2 Å². The molecule has 9 heteroatoms. The molecular weight excluding hydrogens is 312 g/mol. The summed E-state index contributed by atoms with van der Waals surface area (Å²) in [6.07, 6.45) is 0.729. The van der Waals surface area contributed by atoms with E-state index >= 15 is 0 Å². The number of ether oxygens (including phenoxy) is 1. The first-order valence-electron chi connectivity index (χ1n) is 7.19. The molecule has 1 aromatic carbocycles. The van der Waals surface area contributed by atoms with Gasteiger partial charge in [-0.25, -0.2) is 9.48 Å². The number of hydrogen-bond donors (Lipinski definition) is 0. The number of rotatable bonds is 6. The minimum Gasteiger partial charge on any atom is -0.449 e. The van der Waals surface area contributed by atoms with E-state index in [1.807, 2.05) is 6.07 Å². The first-order chi connectivity index (χ1) is 11.5. The van der Waals surface area contributed by atoms with E-state index in [4.69, 9.17) is 10.00 Å². The van der Waals surface area contributed by atoms with Crippen molar-refractivity contribution in [2.75, 3.05) is 13.6 Å². The Morgan fingerprint density at radius 3 is 2.67 bits per heavy atom. The predicted octanol–water partition coefficient (Wildman–Crippen LogP) is 0.580. The summed E-state index contributed by atoms with van der Waals surface area (Å²) in [5.74, 6) is -0.961. The maximum Gasteiger partial charge on any atom is 0.338 e. The van der Waals surface area contributed by atoms with E-state index in [-0.39, 0.29) is 18.9 Å². The van der Waals surface area contributed by atoms with Crippen molar-refractivity contribution in [1.82, 2.24) is 25.1 Å². The highest BCUT2D eigenvalue weighted by atomic mass is 16.5. The minimum atomic E-state index is -0.930. The Hall–Kier alpha value is -3.28. The maximum atomic E-state index is 12.1. The van der Waals surface area contributed by atoms with Crippen molar-refractivity contribution in [1.29, 1.82) is 5.26 Å². The fraction of sp³-hybridized carbons (Fsp3) is 0.333. The smallest absolute Gasteiger partial charge is 0.338 e. The van der Waals surface area contributed by atoms with Gasteiger partial charge < -0.3 is 9.64 Å². The normalized spacial score (nSPS) is 11.4. The first kappa shape index (κ1) is 17.1. The molecule has 124 valence electrons. The molecule has 0 saturated heterocycles. The van der Waals surface area contributed by atoms with Crippen LogP contribution in [-0.4, -0.2) is 56.7 Å². The molecule has 0 aliphatic heterocycles. The molecule has 2 aromatic rings. The topological polar surface area (TPSA) is 114 Å². The lowest BCUT2D eigenvalue weighted by Gasteiger charge is -2.20. The van der Waals surface area contributed by atoms with Crippen LogP contribution >= 0.6 is 0 Å². The van der Waals surface area contributed by atoms with Gasteiger partial charge in [0.1, 0.15) is 6.33 Å². The molecule has 0 bridgehead atoms. The number of hydrogen-bond acceptors (Lipinski definition) is 7. The molecule has 0 aliphatic carbocycles. The number of esters is 1. The lowest BCUT2D eigenvalue weighted by molar-refractivity contribution is -0.138. The van der Waals surface area contributed by atoms with Crippen molar-refractivity contribution in [2.24, 2.45) is 0 Å². The minimum absolute atomic E-state index is 0.224. The third kappa shape index (κ3) is 4.13. The fourth-order valence-electron chi connectivity index (χ4n) is 1.95. The lowest BCUT2D eigenvalue weighted by Crippen LogP contribution is -2.37. The Balaban J connectivity index is 1.96. The van der Waals surface area contributed by atoms with Gasteiger partial charge in [-0.1, -0.05) is 0 Å². The number of likely N-dealkylation sites (N-methyl/N-ethyl adjacent to an activating group) is 1. The Morgan fingerprint density at radius 1 is 1.38 bits per heavy atom. The highest BCUT2D eigenvalue weighted by molar-refractivity contribution is 5.92. The molecule has 0 aliphatic rings. The summed E-state index contributed by atoms with van der Waals surface area (Å²) < 4.78 is 6.62. The van der Waals surface area contributed by atoms with Crippen molar-refractivity contribution >= 4 is 11.9 Å². The first-order valence-corrected chi connectivity index (χ1v) is 7.19. The van der Waals surface area contributed by atoms with Gasteiger partial charge in [0, 0.05) is 13.6 Å². The molecule has 1 aromatic heterocycles. The van der Waals surface area contributed by atoms with E-state index in [9.17, 15) is 9.59 Å². The third-order valence-electron chi connectivity index (χ3n) is 3.28. The quantitative estimate of drug-likeness (QED) is 0.712. The summed E-state index contributed by atoms with van der Waals surface area (Å²) in [7, 11) is 1.56. The number of aromatic nitrogens is 4. The number of amides is 1. The van der Waals surface area contributed by atoms with Gasteiger partial charge in [-0.05, 0) is 41.6 Å². The van der Waals surface area contributed by atoms with E-state index in [0.29, 0.717) is 11.3 Å². The molecule has 1 amide bonds. The highest BCUT2D eigenvalue weighted by Crippen LogP contribution is 2.10. The zero-order valence-corrected chi connectivity index (χ0v) is 13.3. The van der Waals surface area contributed by atoms with Crippen molar-refractivity contribution < 1.29 is 14.3 Å². The van der Waals surface area contributed by atoms with Crippen LogP contribution in [0.4, 0.5) is 0 Å². The van der Waals surface area contributed by atoms with Gasteiger partial charge in [0.05, 0.1) is 23.7 Å². The van der Waals surface area contributed by atoms with Gasteiger partial charge in [0.2, 0.25) is 0 Å². The molecule has 9 nitrogen and oxygen atoms in total. The molecule has 0 fully saturated rings. The second-order valence-corrected chi connectivity index (χ2v) is 5.02. The van der Waals surface area contributed by atoms with Gasteiger partial charge in [0.25, 0.3) is 5.91 Å². The summed E-state index contributed by atoms with van der Waals surface area (Å²) in [6, 6.07) is 8.42. The Kier molecular flexibility index (Phi) is 5.57. The SMILES string of the molecule is C[C@@H](OC(=O)c1ccc(-n2cnnn2)cc1)C(=O)N(C)CCC#N. The molecule has 0 radical (unpaired) electrons. The molecule has 1 atom stereocenters. The zero-order valence-electron chi connectivity index (χ0n) is 13.3. The Morgan fingerprint density at radius 2 is 2.08 bits per heavy atom. The van der Waals surface area contributed by atoms with Gasteiger partial charge in [-0.15, -0.1) is 5.10 Å². The van der Waals surface area contributed by atoms with Crippen molar-refractivity contribution in [3.63, 3.8) is 0 Å². The Bertz CT molecular complexity index is 736. The summed E-state index contributed by atoms with van der Waals surface area (Å²) in [5, 5.41) is 19.3. The summed E-state index contributed by atoms with van der Waals surface area (Å²) in [6.45, 7) is 1.79. The second-order valence-electron chi connectivity index (χ2n) is 5.02.